The lowest BCUT2D eigenvalue weighted by molar-refractivity contribution is 0.0526. The maximum Gasteiger partial charge on any atom is 0.338 e. The SMILES string of the molecule is CCOC(=O)c1ccc2nc(Nc3nc4c(SC)cccc4s3)sc2c1. The second kappa shape index (κ2) is 7.22. The third-order valence-corrected chi connectivity index (χ3v) is 6.35. The van der Waals surface area contributed by atoms with Gasteiger partial charge < -0.3 is 10.1 Å². The highest BCUT2D eigenvalue weighted by atomic mass is 32.2. The Balaban J connectivity index is 1.64. The topological polar surface area (TPSA) is 64.1 Å². The van der Waals surface area contributed by atoms with Gasteiger partial charge in [-0.25, -0.2) is 14.8 Å². The molecule has 0 saturated carbocycles. The van der Waals surface area contributed by atoms with Gasteiger partial charge in [-0.1, -0.05) is 28.7 Å². The summed E-state index contributed by atoms with van der Waals surface area (Å²) in [6.45, 7) is 2.16. The second-order valence-corrected chi connectivity index (χ2v) is 8.28. The van der Waals surface area contributed by atoms with Crippen LogP contribution in [0.4, 0.5) is 10.3 Å². The Labute approximate surface area is 162 Å². The summed E-state index contributed by atoms with van der Waals surface area (Å²) in [6, 6.07) is 11.6. The summed E-state index contributed by atoms with van der Waals surface area (Å²) in [5.74, 6) is -0.312. The number of hydrogen-bond donors (Lipinski definition) is 1. The summed E-state index contributed by atoms with van der Waals surface area (Å²) in [4.78, 5) is 22.3. The molecule has 0 unspecified atom stereocenters. The molecule has 0 bridgehead atoms. The van der Waals surface area contributed by atoms with Gasteiger partial charge in [-0.2, -0.15) is 0 Å². The molecule has 2 aromatic heterocycles. The largest absolute Gasteiger partial charge is 0.462 e. The van der Waals surface area contributed by atoms with Crippen LogP contribution in [0.2, 0.25) is 0 Å². The minimum atomic E-state index is -0.312. The zero-order valence-electron chi connectivity index (χ0n) is 14.1. The highest BCUT2D eigenvalue weighted by molar-refractivity contribution is 7.98. The lowest BCUT2D eigenvalue weighted by atomic mass is 10.2. The van der Waals surface area contributed by atoms with Crippen molar-refractivity contribution in [3.8, 4) is 0 Å². The van der Waals surface area contributed by atoms with Gasteiger partial charge in [0.1, 0.15) is 0 Å². The number of benzene rings is 2. The molecule has 0 amide bonds. The van der Waals surface area contributed by atoms with Crippen molar-refractivity contribution in [2.45, 2.75) is 11.8 Å². The van der Waals surface area contributed by atoms with Crippen LogP contribution in [0.1, 0.15) is 17.3 Å². The monoisotopic (exact) mass is 401 g/mol. The van der Waals surface area contributed by atoms with E-state index in [2.05, 4.69) is 28.7 Å². The molecule has 0 fully saturated rings. The first-order valence-corrected chi connectivity index (χ1v) is 10.8. The molecule has 0 aliphatic carbocycles. The van der Waals surface area contributed by atoms with Gasteiger partial charge in [0.15, 0.2) is 10.3 Å². The first kappa shape index (κ1) is 17.3. The molecule has 4 rings (SSSR count). The average molecular weight is 402 g/mol. The van der Waals surface area contributed by atoms with Crippen LogP contribution in [0.15, 0.2) is 41.3 Å². The van der Waals surface area contributed by atoms with Crippen LogP contribution < -0.4 is 5.32 Å². The van der Waals surface area contributed by atoms with Gasteiger partial charge in [0.25, 0.3) is 0 Å². The van der Waals surface area contributed by atoms with E-state index in [1.807, 2.05) is 18.2 Å². The van der Waals surface area contributed by atoms with Crippen molar-refractivity contribution in [1.29, 1.82) is 0 Å². The number of ether oxygens (including phenoxy) is 1. The minimum Gasteiger partial charge on any atom is -0.462 e. The van der Waals surface area contributed by atoms with Crippen molar-refractivity contribution >= 4 is 71.1 Å². The normalized spacial score (nSPS) is 11.2. The summed E-state index contributed by atoms with van der Waals surface area (Å²) >= 11 is 4.79. The number of hydrogen-bond acceptors (Lipinski definition) is 8. The highest BCUT2D eigenvalue weighted by Gasteiger charge is 2.12. The summed E-state index contributed by atoms with van der Waals surface area (Å²) in [7, 11) is 0. The average Bonchev–Trinajstić information content (AvgIpc) is 3.23. The van der Waals surface area contributed by atoms with Crippen molar-refractivity contribution in [1.82, 2.24) is 9.97 Å². The molecule has 8 heteroatoms. The molecule has 0 aliphatic heterocycles. The van der Waals surface area contributed by atoms with Gasteiger partial charge in [0.2, 0.25) is 0 Å². The van der Waals surface area contributed by atoms with E-state index in [0.29, 0.717) is 12.2 Å². The van der Waals surface area contributed by atoms with E-state index >= 15 is 0 Å². The Kier molecular flexibility index (Phi) is 4.80. The van der Waals surface area contributed by atoms with E-state index in [-0.39, 0.29) is 5.97 Å². The van der Waals surface area contributed by atoms with Gasteiger partial charge in [-0.3, -0.25) is 0 Å². The van der Waals surface area contributed by atoms with Crippen LogP contribution in [-0.4, -0.2) is 28.8 Å². The van der Waals surface area contributed by atoms with Crippen molar-refractivity contribution in [3.63, 3.8) is 0 Å². The van der Waals surface area contributed by atoms with E-state index in [1.54, 1.807) is 36.1 Å². The van der Waals surface area contributed by atoms with E-state index < -0.39 is 0 Å². The standard InChI is InChI=1S/C18H15N3O2S3/c1-3-23-16(22)10-7-8-11-14(9-10)26-17(19-11)21-18-20-15-12(24-2)5-4-6-13(15)25-18/h4-9H,3H2,1-2H3,(H,19,20,21). The maximum atomic E-state index is 11.9. The molecule has 1 N–H and O–H groups in total. The predicted octanol–water partition coefficient (Wildman–Crippen LogP) is 5.55. The molecule has 0 atom stereocenters. The maximum absolute atomic E-state index is 11.9. The number of nitrogens with zero attached hydrogens (tertiary/aromatic N) is 2. The molecular formula is C18H15N3O2S3. The highest BCUT2D eigenvalue weighted by Crippen LogP contribution is 2.35. The van der Waals surface area contributed by atoms with Gasteiger partial charge >= 0.3 is 5.97 Å². The molecule has 5 nitrogen and oxygen atoms in total. The van der Waals surface area contributed by atoms with Crippen LogP contribution in [-0.2, 0) is 4.74 Å². The van der Waals surface area contributed by atoms with Crippen molar-refractivity contribution < 1.29 is 9.53 Å². The molecule has 2 heterocycles. The first-order chi connectivity index (χ1) is 12.7. The number of thioether (sulfide) groups is 1. The van der Waals surface area contributed by atoms with Gasteiger partial charge in [-0.05, 0) is 43.5 Å². The lowest BCUT2D eigenvalue weighted by Gasteiger charge is -2.00. The van der Waals surface area contributed by atoms with Gasteiger partial charge in [0.05, 0.1) is 32.6 Å². The molecule has 2 aromatic carbocycles. The van der Waals surface area contributed by atoms with E-state index in [4.69, 9.17) is 9.72 Å². The smallest absolute Gasteiger partial charge is 0.338 e. The van der Waals surface area contributed by atoms with Crippen LogP contribution >= 0.6 is 34.4 Å². The predicted molar refractivity (Wildman–Crippen MR) is 110 cm³/mol. The number of carbonyl (C=O) groups is 1. The summed E-state index contributed by atoms with van der Waals surface area (Å²) in [5, 5.41) is 4.86. The van der Waals surface area contributed by atoms with Crippen molar-refractivity contribution in [2.75, 3.05) is 18.2 Å². The number of anilines is 2. The quantitative estimate of drug-likeness (QED) is 0.349. The Hall–Kier alpha value is -2.16. The summed E-state index contributed by atoms with van der Waals surface area (Å²) in [5.41, 5.74) is 2.40. The zero-order chi connectivity index (χ0) is 18.1. The Morgan fingerprint density at radius 3 is 2.77 bits per heavy atom. The third kappa shape index (κ3) is 3.27. The van der Waals surface area contributed by atoms with Gasteiger partial charge in [-0.15, -0.1) is 11.8 Å². The van der Waals surface area contributed by atoms with Crippen LogP contribution in [0, 0.1) is 0 Å². The number of para-hydroxylation sites is 1. The van der Waals surface area contributed by atoms with Crippen molar-refractivity contribution in [3.05, 3.63) is 42.0 Å². The number of fused-ring (bicyclic) bond motifs is 2. The van der Waals surface area contributed by atoms with Crippen molar-refractivity contribution in [2.24, 2.45) is 0 Å². The van der Waals surface area contributed by atoms with Crippen LogP contribution in [0.5, 0.6) is 0 Å². The molecule has 0 saturated heterocycles. The van der Waals surface area contributed by atoms with Crippen LogP contribution in [0.25, 0.3) is 20.4 Å². The van der Waals surface area contributed by atoms with Crippen LogP contribution in [0.3, 0.4) is 0 Å². The summed E-state index contributed by atoms with van der Waals surface area (Å²) in [6.07, 6.45) is 2.05. The molecule has 0 radical (unpaired) electrons. The fraction of sp³-hybridized carbons (Fsp3) is 0.167. The fourth-order valence-corrected chi connectivity index (χ4v) is 5.04. The zero-order valence-corrected chi connectivity index (χ0v) is 16.6. The number of aromatic nitrogens is 2. The number of esters is 1. The number of nitrogens with one attached hydrogen (secondary N) is 1. The number of thiazole rings is 2. The minimum absolute atomic E-state index is 0.312. The Morgan fingerprint density at radius 2 is 1.96 bits per heavy atom. The molecule has 26 heavy (non-hydrogen) atoms. The molecule has 0 aliphatic rings. The van der Waals surface area contributed by atoms with E-state index in [0.717, 1.165) is 35.6 Å². The van der Waals surface area contributed by atoms with E-state index in [1.165, 1.54) is 11.3 Å². The summed E-state index contributed by atoms with van der Waals surface area (Å²) < 4.78 is 7.13. The molecule has 0 spiro atoms. The second-order valence-electron chi connectivity index (χ2n) is 5.37. The first-order valence-electron chi connectivity index (χ1n) is 7.96. The molecule has 132 valence electrons. The fourth-order valence-electron chi connectivity index (χ4n) is 2.55. The lowest BCUT2D eigenvalue weighted by Crippen LogP contribution is -2.03. The Bertz CT molecular complexity index is 1100. The Morgan fingerprint density at radius 1 is 1.15 bits per heavy atom. The number of rotatable bonds is 5. The number of carbonyl (C=O) groups excluding carboxylic acids is 1. The molecular weight excluding hydrogens is 386 g/mol. The third-order valence-electron chi connectivity index (χ3n) is 3.72. The molecule has 4 aromatic rings. The van der Waals surface area contributed by atoms with Gasteiger partial charge in [0, 0.05) is 4.90 Å². The van der Waals surface area contributed by atoms with E-state index in [9.17, 15) is 4.79 Å².